The van der Waals surface area contributed by atoms with Crippen molar-refractivity contribution in [1.82, 2.24) is 25.2 Å². The molecule has 0 unspecified atom stereocenters. The summed E-state index contributed by atoms with van der Waals surface area (Å²) in [4.78, 5) is 44.9. The third-order valence-electron chi connectivity index (χ3n) is 5.05. The van der Waals surface area contributed by atoms with Crippen LogP contribution in [-0.4, -0.2) is 47.1 Å². The Labute approximate surface area is 190 Å². The molecule has 0 bridgehead atoms. The molecule has 10 heteroatoms. The van der Waals surface area contributed by atoms with Gasteiger partial charge in [0, 0.05) is 50.9 Å². The van der Waals surface area contributed by atoms with Crippen LogP contribution < -0.4 is 25.7 Å². The van der Waals surface area contributed by atoms with Crippen LogP contribution in [0.15, 0.2) is 47.8 Å². The minimum atomic E-state index is -0.216. The summed E-state index contributed by atoms with van der Waals surface area (Å²) in [6.07, 6.45) is 5.67. The summed E-state index contributed by atoms with van der Waals surface area (Å²) in [5.74, 6) is 0.626. The fraction of sp³-hybridized carbons (Fsp3) is 0.348. The van der Waals surface area contributed by atoms with Gasteiger partial charge >= 0.3 is 0 Å². The number of carbonyl (C=O) groups excluding carboxylic acids is 2. The Kier molecular flexibility index (Phi) is 8.34. The van der Waals surface area contributed by atoms with Gasteiger partial charge in [-0.25, -0.2) is 4.98 Å². The Morgan fingerprint density at radius 1 is 1.00 bits per heavy atom. The Bertz CT molecular complexity index is 1160. The summed E-state index contributed by atoms with van der Waals surface area (Å²) < 4.78 is 12.0. The number of hydrogen-bond acceptors (Lipinski definition) is 7. The van der Waals surface area contributed by atoms with Gasteiger partial charge < -0.3 is 20.1 Å². The Morgan fingerprint density at radius 2 is 1.70 bits per heavy atom. The maximum absolute atomic E-state index is 12.8. The van der Waals surface area contributed by atoms with E-state index in [2.05, 4.69) is 20.6 Å². The maximum atomic E-state index is 12.8. The zero-order valence-corrected chi connectivity index (χ0v) is 18.7. The average Bonchev–Trinajstić information content (AvgIpc) is 2.84. The van der Waals surface area contributed by atoms with Crippen molar-refractivity contribution in [2.45, 2.75) is 32.4 Å². The van der Waals surface area contributed by atoms with Crippen molar-refractivity contribution in [3.05, 3.63) is 58.9 Å². The molecule has 0 aliphatic carbocycles. The Balaban J connectivity index is 1.43. The first-order valence-electron chi connectivity index (χ1n) is 10.5. The van der Waals surface area contributed by atoms with Crippen LogP contribution in [0.4, 0.5) is 0 Å². The van der Waals surface area contributed by atoms with E-state index in [1.807, 2.05) is 12.1 Å². The van der Waals surface area contributed by atoms with Crippen LogP contribution >= 0.6 is 0 Å². The lowest BCUT2D eigenvalue weighted by Crippen LogP contribution is -2.30. The number of carbonyl (C=O) groups is 2. The van der Waals surface area contributed by atoms with Gasteiger partial charge in [-0.15, -0.1) is 0 Å². The topological polar surface area (TPSA) is 124 Å². The highest BCUT2D eigenvalue weighted by molar-refractivity contribution is 5.81. The van der Waals surface area contributed by atoms with Crippen molar-refractivity contribution in [2.75, 3.05) is 20.8 Å². The molecule has 2 heterocycles. The summed E-state index contributed by atoms with van der Waals surface area (Å²) in [5.41, 5.74) is 1.25. The number of aromatic nitrogens is 3. The molecule has 0 atom stereocenters. The van der Waals surface area contributed by atoms with Gasteiger partial charge in [-0.2, -0.15) is 0 Å². The van der Waals surface area contributed by atoms with Crippen molar-refractivity contribution in [3.63, 3.8) is 0 Å². The minimum Gasteiger partial charge on any atom is -0.493 e. The third-order valence-corrected chi connectivity index (χ3v) is 5.05. The summed E-state index contributed by atoms with van der Waals surface area (Å²) in [6.45, 7) is 1.01. The lowest BCUT2D eigenvalue weighted by molar-refractivity contribution is -0.122. The Morgan fingerprint density at radius 3 is 2.42 bits per heavy atom. The molecule has 2 N–H and O–H groups in total. The highest BCUT2D eigenvalue weighted by atomic mass is 16.5. The standard InChI is InChI=1S/C23H27N5O5/c1-32-19-12-17-18(13-20(19)33-2)27-15-28(23(17)31)11-3-4-21(29)25-10-7-22(30)26-14-16-5-8-24-9-6-16/h5-6,8-9,12-13,15H,3-4,7,10-11,14H2,1-2H3,(H,25,29)(H,26,30). The number of rotatable bonds is 11. The molecule has 0 radical (unpaired) electrons. The van der Waals surface area contributed by atoms with Crippen LogP contribution in [0, 0.1) is 0 Å². The van der Waals surface area contributed by atoms with Gasteiger partial charge in [0.1, 0.15) is 0 Å². The van der Waals surface area contributed by atoms with Gasteiger partial charge in [0.15, 0.2) is 11.5 Å². The first-order valence-corrected chi connectivity index (χ1v) is 10.5. The SMILES string of the molecule is COc1cc2ncn(CCCC(=O)NCCC(=O)NCc3ccncc3)c(=O)c2cc1OC. The van der Waals surface area contributed by atoms with Crippen molar-refractivity contribution in [3.8, 4) is 11.5 Å². The molecular formula is C23H27N5O5. The quantitative estimate of drug-likeness (QED) is 0.450. The number of fused-ring (bicyclic) bond motifs is 1. The largest absolute Gasteiger partial charge is 0.493 e. The van der Waals surface area contributed by atoms with Gasteiger partial charge in [-0.3, -0.25) is 23.9 Å². The molecule has 0 spiro atoms. The number of aryl methyl sites for hydroxylation is 1. The molecule has 10 nitrogen and oxygen atoms in total. The smallest absolute Gasteiger partial charge is 0.261 e. The number of benzene rings is 1. The highest BCUT2D eigenvalue weighted by Gasteiger charge is 2.11. The van der Waals surface area contributed by atoms with Crippen LogP contribution in [0.25, 0.3) is 10.9 Å². The first-order chi connectivity index (χ1) is 16.0. The van der Waals surface area contributed by atoms with E-state index in [-0.39, 0.29) is 36.8 Å². The molecule has 0 fully saturated rings. The normalized spacial score (nSPS) is 10.6. The van der Waals surface area contributed by atoms with E-state index in [1.54, 1.807) is 24.5 Å². The zero-order chi connectivity index (χ0) is 23.6. The fourth-order valence-electron chi connectivity index (χ4n) is 3.25. The maximum Gasteiger partial charge on any atom is 0.261 e. The first kappa shape index (κ1) is 23.7. The predicted molar refractivity (Wildman–Crippen MR) is 122 cm³/mol. The van der Waals surface area contributed by atoms with Crippen molar-refractivity contribution >= 4 is 22.7 Å². The van der Waals surface area contributed by atoms with Crippen LogP contribution in [0.2, 0.25) is 0 Å². The molecule has 2 aromatic heterocycles. The lowest BCUT2D eigenvalue weighted by Gasteiger charge is -2.10. The molecule has 0 aliphatic heterocycles. The third kappa shape index (κ3) is 6.52. The lowest BCUT2D eigenvalue weighted by atomic mass is 10.2. The number of amides is 2. The molecular weight excluding hydrogens is 426 g/mol. The second kappa shape index (κ2) is 11.6. The van der Waals surface area contributed by atoms with Crippen LogP contribution in [0.1, 0.15) is 24.8 Å². The van der Waals surface area contributed by atoms with Gasteiger partial charge in [0.05, 0.1) is 31.4 Å². The summed E-state index contributed by atoms with van der Waals surface area (Å²) >= 11 is 0. The van der Waals surface area contributed by atoms with E-state index in [9.17, 15) is 14.4 Å². The van der Waals surface area contributed by atoms with Crippen LogP contribution in [-0.2, 0) is 22.7 Å². The molecule has 174 valence electrons. The molecule has 3 aromatic rings. The van der Waals surface area contributed by atoms with E-state index in [1.165, 1.54) is 25.1 Å². The van der Waals surface area contributed by atoms with Crippen molar-refractivity contribution in [2.24, 2.45) is 0 Å². The van der Waals surface area contributed by atoms with Crippen molar-refractivity contribution < 1.29 is 19.1 Å². The molecule has 3 rings (SSSR count). The summed E-state index contributed by atoms with van der Waals surface area (Å²) in [6, 6.07) is 6.91. The molecule has 2 amide bonds. The zero-order valence-electron chi connectivity index (χ0n) is 18.7. The second-order valence-corrected chi connectivity index (χ2v) is 7.30. The number of pyridine rings is 1. The average molecular weight is 453 g/mol. The molecule has 0 saturated heterocycles. The molecule has 1 aromatic carbocycles. The molecule has 0 aliphatic rings. The van der Waals surface area contributed by atoms with E-state index >= 15 is 0 Å². The van der Waals surface area contributed by atoms with Crippen molar-refractivity contribution in [1.29, 1.82) is 0 Å². The van der Waals surface area contributed by atoms with Gasteiger partial charge in [0.25, 0.3) is 5.56 Å². The number of nitrogens with zero attached hydrogens (tertiary/aromatic N) is 3. The van der Waals surface area contributed by atoms with Gasteiger partial charge in [-0.1, -0.05) is 0 Å². The van der Waals surface area contributed by atoms with E-state index < -0.39 is 0 Å². The molecule has 0 saturated carbocycles. The second-order valence-electron chi connectivity index (χ2n) is 7.30. The van der Waals surface area contributed by atoms with Crippen LogP contribution in [0.5, 0.6) is 11.5 Å². The summed E-state index contributed by atoms with van der Waals surface area (Å²) in [5, 5.41) is 5.93. The Hall–Kier alpha value is -3.95. The van der Waals surface area contributed by atoms with Gasteiger partial charge in [-0.05, 0) is 30.2 Å². The number of nitrogens with one attached hydrogen (secondary N) is 2. The van der Waals surface area contributed by atoms with Crippen LogP contribution in [0.3, 0.4) is 0 Å². The molecule has 33 heavy (non-hydrogen) atoms. The number of methoxy groups -OCH3 is 2. The van der Waals surface area contributed by atoms with Gasteiger partial charge in [0.2, 0.25) is 11.8 Å². The summed E-state index contributed by atoms with van der Waals surface area (Å²) in [7, 11) is 3.02. The van der Waals surface area contributed by atoms with E-state index in [0.29, 0.717) is 41.9 Å². The number of hydrogen-bond donors (Lipinski definition) is 2. The predicted octanol–water partition coefficient (Wildman–Crippen LogP) is 1.41. The highest BCUT2D eigenvalue weighted by Crippen LogP contribution is 2.29. The van der Waals surface area contributed by atoms with E-state index in [0.717, 1.165) is 5.56 Å². The monoisotopic (exact) mass is 453 g/mol. The fourth-order valence-corrected chi connectivity index (χ4v) is 3.25. The minimum absolute atomic E-state index is 0.145. The number of ether oxygens (including phenoxy) is 2. The van der Waals surface area contributed by atoms with E-state index in [4.69, 9.17) is 9.47 Å².